The van der Waals surface area contributed by atoms with Gasteiger partial charge in [0.2, 0.25) is 0 Å². The standard InChI is InChI=1S/C11H23NO3/c1-5-11(12,6-2)8-15-7-10(3,4)9(13)14/h5-8,12H2,1-4H3,(H,13,14). The van der Waals surface area contributed by atoms with Gasteiger partial charge in [-0.05, 0) is 26.7 Å². The Balaban J connectivity index is 4.03. The lowest BCUT2D eigenvalue weighted by Crippen LogP contribution is -2.44. The second-order valence-corrected chi connectivity index (χ2v) is 4.75. The zero-order chi connectivity index (χ0) is 12.1. The molecule has 15 heavy (non-hydrogen) atoms. The SMILES string of the molecule is CCC(N)(CC)COCC(C)(C)C(=O)O. The van der Waals surface area contributed by atoms with Crippen molar-refractivity contribution in [3.05, 3.63) is 0 Å². The van der Waals surface area contributed by atoms with Crippen LogP contribution in [-0.4, -0.2) is 29.8 Å². The Kier molecular flexibility index (Phi) is 5.24. The number of rotatable bonds is 7. The van der Waals surface area contributed by atoms with E-state index in [-0.39, 0.29) is 12.1 Å². The number of carboxylic acids is 1. The summed E-state index contributed by atoms with van der Waals surface area (Å²) < 4.78 is 5.40. The lowest BCUT2D eigenvalue weighted by Gasteiger charge is -2.28. The Morgan fingerprint density at radius 3 is 2.07 bits per heavy atom. The van der Waals surface area contributed by atoms with Gasteiger partial charge >= 0.3 is 5.97 Å². The summed E-state index contributed by atoms with van der Waals surface area (Å²) in [4.78, 5) is 10.8. The summed E-state index contributed by atoms with van der Waals surface area (Å²) in [6.07, 6.45) is 1.66. The van der Waals surface area contributed by atoms with Crippen LogP contribution in [0, 0.1) is 5.41 Å². The second-order valence-electron chi connectivity index (χ2n) is 4.75. The van der Waals surface area contributed by atoms with E-state index in [2.05, 4.69) is 0 Å². The van der Waals surface area contributed by atoms with Gasteiger partial charge in [-0.2, -0.15) is 0 Å². The summed E-state index contributed by atoms with van der Waals surface area (Å²) in [5.41, 5.74) is 4.86. The molecule has 4 nitrogen and oxygen atoms in total. The first-order chi connectivity index (χ1) is 6.77. The van der Waals surface area contributed by atoms with Gasteiger partial charge < -0.3 is 15.6 Å². The lowest BCUT2D eigenvalue weighted by atomic mass is 9.94. The number of aliphatic carboxylic acids is 1. The second kappa shape index (κ2) is 5.47. The minimum Gasteiger partial charge on any atom is -0.481 e. The molecule has 0 saturated heterocycles. The first kappa shape index (κ1) is 14.4. The van der Waals surface area contributed by atoms with Crippen LogP contribution in [0.4, 0.5) is 0 Å². The van der Waals surface area contributed by atoms with Crippen molar-refractivity contribution in [1.29, 1.82) is 0 Å². The summed E-state index contributed by atoms with van der Waals surface area (Å²) in [7, 11) is 0. The number of hydrogen-bond acceptors (Lipinski definition) is 3. The van der Waals surface area contributed by atoms with E-state index < -0.39 is 11.4 Å². The molecule has 0 heterocycles. The van der Waals surface area contributed by atoms with Gasteiger partial charge in [-0.3, -0.25) is 4.79 Å². The molecule has 0 aliphatic carbocycles. The molecule has 0 bridgehead atoms. The minimum absolute atomic E-state index is 0.196. The largest absolute Gasteiger partial charge is 0.481 e. The molecule has 0 aromatic heterocycles. The molecular weight excluding hydrogens is 194 g/mol. The molecule has 3 N–H and O–H groups in total. The van der Waals surface area contributed by atoms with Crippen LogP contribution in [-0.2, 0) is 9.53 Å². The highest BCUT2D eigenvalue weighted by Gasteiger charge is 2.29. The topological polar surface area (TPSA) is 72.5 Å². The maximum absolute atomic E-state index is 10.8. The molecule has 0 unspecified atom stereocenters. The van der Waals surface area contributed by atoms with Crippen molar-refractivity contribution in [3.8, 4) is 0 Å². The Hall–Kier alpha value is -0.610. The molecule has 0 fully saturated rings. The fourth-order valence-corrected chi connectivity index (χ4v) is 1.03. The van der Waals surface area contributed by atoms with Gasteiger partial charge in [0.15, 0.2) is 0 Å². The van der Waals surface area contributed by atoms with Gasteiger partial charge in [0.25, 0.3) is 0 Å². The predicted octanol–water partition coefficient (Wildman–Crippen LogP) is 1.63. The molecule has 0 atom stereocenters. The molecule has 0 aliphatic rings. The zero-order valence-electron chi connectivity index (χ0n) is 10.2. The molecule has 0 radical (unpaired) electrons. The molecule has 0 amide bonds. The van der Waals surface area contributed by atoms with Crippen molar-refractivity contribution in [2.75, 3.05) is 13.2 Å². The van der Waals surface area contributed by atoms with Crippen LogP contribution in [0.3, 0.4) is 0 Å². The maximum Gasteiger partial charge on any atom is 0.311 e. The van der Waals surface area contributed by atoms with E-state index in [1.54, 1.807) is 13.8 Å². The van der Waals surface area contributed by atoms with Crippen molar-refractivity contribution in [1.82, 2.24) is 0 Å². The van der Waals surface area contributed by atoms with E-state index in [4.69, 9.17) is 15.6 Å². The fraction of sp³-hybridized carbons (Fsp3) is 0.909. The Morgan fingerprint density at radius 1 is 1.27 bits per heavy atom. The van der Waals surface area contributed by atoms with Crippen molar-refractivity contribution in [2.45, 2.75) is 46.1 Å². The molecule has 0 aromatic carbocycles. The van der Waals surface area contributed by atoms with Gasteiger partial charge in [-0.15, -0.1) is 0 Å². The zero-order valence-corrected chi connectivity index (χ0v) is 10.2. The van der Waals surface area contributed by atoms with E-state index in [9.17, 15) is 4.79 Å². The number of nitrogens with two attached hydrogens (primary N) is 1. The van der Waals surface area contributed by atoms with Crippen molar-refractivity contribution >= 4 is 5.97 Å². The fourth-order valence-electron chi connectivity index (χ4n) is 1.03. The third-order valence-corrected chi connectivity index (χ3v) is 2.84. The third kappa shape index (κ3) is 4.62. The van der Waals surface area contributed by atoms with Crippen LogP contribution in [0.5, 0.6) is 0 Å². The van der Waals surface area contributed by atoms with Gasteiger partial charge in [0.05, 0.1) is 18.6 Å². The number of hydrogen-bond donors (Lipinski definition) is 2. The van der Waals surface area contributed by atoms with E-state index in [1.807, 2.05) is 13.8 Å². The van der Waals surface area contributed by atoms with Gasteiger partial charge in [0.1, 0.15) is 0 Å². The van der Waals surface area contributed by atoms with Crippen molar-refractivity contribution in [2.24, 2.45) is 11.1 Å². The number of carboxylic acid groups (broad SMARTS) is 1. The molecular formula is C11H23NO3. The highest BCUT2D eigenvalue weighted by molar-refractivity contribution is 5.73. The average molecular weight is 217 g/mol. The van der Waals surface area contributed by atoms with Crippen LogP contribution in [0.2, 0.25) is 0 Å². The normalized spacial score (nSPS) is 12.9. The van der Waals surface area contributed by atoms with Crippen LogP contribution >= 0.6 is 0 Å². The van der Waals surface area contributed by atoms with Crippen LogP contribution < -0.4 is 5.73 Å². The summed E-state index contributed by atoms with van der Waals surface area (Å²) in [5, 5.41) is 8.87. The number of ether oxygens (including phenoxy) is 1. The third-order valence-electron chi connectivity index (χ3n) is 2.84. The monoisotopic (exact) mass is 217 g/mol. The van der Waals surface area contributed by atoms with E-state index in [0.717, 1.165) is 12.8 Å². The average Bonchev–Trinajstić information content (AvgIpc) is 2.17. The summed E-state index contributed by atoms with van der Waals surface area (Å²) in [5.74, 6) is -0.849. The first-order valence-electron chi connectivity index (χ1n) is 5.37. The summed E-state index contributed by atoms with van der Waals surface area (Å²) >= 11 is 0. The molecule has 0 saturated carbocycles. The molecule has 0 aromatic rings. The van der Waals surface area contributed by atoms with E-state index in [0.29, 0.717) is 6.61 Å². The van der Waals surface area contributed by atoms with E-state index >= 15 is 0 Å². The maximum atomic E-state index is 10.8. The lowest BCUT2D eigenvalue weighted by molar-refractivity contribution is -0.150. The quantitative estimate of drug-likeness (QED) is 0.680. The molecule has 0 rings (SSSR count). The van der Waals surface area contributed by atoms with Gasteiger partial charge in [-0.1, -0.05) is 13.8 Å². The van der Waals surface area contributed by atoms with Crippen molar-refractivity contribution in [3.63, 3.8) is 0 Å². The van der Waals surface area contributed by atoms with Crippen LogP contribution in [0.1, 0.15) is 40.5 Å². The van der Waals surface area contributed by atoms with Crippen molar-refractivity contribution < 1.29 is 14.6 Å². The minimum atomic E-state index is -0.849. The molecule has 0 aliphatic heterocycles. The first-order valence-corrected chi connectivity index (χ1v) is 5.37. The van der Waals surface area contributed by atoms with E-state index in [1.165, 1.54) is 0 Å². The highest BCUT2D eigenvalue weighted by Crippen LogP contribution is 2.18. The molecule has 90 valence electrons. The predicted molar refractivity (Wildman–Crippen MR) is 59.7 cm³/mol. The highest BCUT2D eigenvalue weighted by atomic mass is 16.5. The smallest absolute Gasteiger partial charge is 0.311 e. The van der Waals surface area contributed by atoms with Gasteiger partial charge in [0, 0.05) is 5.54 Å². The summed E-state index contributed by atoms with van der Waals surface area (Å²) in [6, 6.07) is 0. The Bertz CT molecular complexity index is 210. The Morgan fingerprint density at radius 2 is 1.73 bits per heavy atom. The van der Waals surface area contributed by atoms with Crippen LogP contribution in [0.25, 0.3) is 0 Å². The molecule has 0 spiro atoms. The van der Waals surface area contributed by atoms with Crippen LogP contribution in [0.15, 0.2) is 0 Å². The molecule has 4 heteroatoms. The Labute approximate surface area is 91.8 Å². The summed E-state index contributed by atoms with van der Waals surface area (Å²) in [6.45, 7) is 7.92. The number of carbonyl (C=O) groups is 1. The van der Waals surface area contributed by atoms with Gasteiger partial charge in [-0.25, -0.2) is 0 Å².